The van der Waals surface area contributed by atoms with E-state index < -0.39 is 11.7 Å². The van der Waals surface area contributed by atoms with Crippen molar-refractivity contribution in [2.45, 2.75) is 6.92 Å². The summed E-state index contributed by atoms with van der Waals surface area (Å²) in [6, 6.07) is 18.7. The molecule has 0 atom stereocenters. The van der Waals surface area contributed by atoms with Crippen molar-refractivity contribution < 1.29 is 13.6 Å². The van der Waals surface area contributed by atoms with Gasteiger partial charge in [-0.1, -0.05) is 30.3 Å². The Morgan fingerprint density at radius 1 is 1.04 bits per heavy atom. The van der Waals surface area contributed by atoms with Gasteiger partial charge < -0.3 is 9.73 Å². The number of aryl methyl sites for hydroxylation is 1. The molecule has 0 saturated carbocycles. The Morgan fingerprint density at radius 2 is 1.81 bits per heavy atom. The van der Waals surface area contributed by atoms with E-state index in [-0.39, 0.29) is 5.69 Å². The van der Waals surface area contributed by atoms with Gasteiger partial charge in [0.25, 0.3) is 5.91 Å². The summed E-state index contributed by atoms with van der Waals surface area (Å²) in [5, 5.41) is 3.32. The van der Waals surface area contributed by atoms with Crippen LogP contribution in [0.2, 0.25) is 0 Å². The fourth-order valence-electron chi connectivity index (χ4n) is 2.81. The van der Waals surface area contributed by atoms with Crippen molar-refractivity contribution in [3.05, 3.63) is 83.9 Å². The van der Waals surface area contributed by atoms with Crippen molar-refractivity contribution >= 4 is 22.5 Å². The van der Waals surface area contributed by atoms with Gasteiger partial charge in [-0.15, -0.1) is 0 Å². The Hall–Kier alpha value is -3.47. The molecule has 2 heterocycles. The highest BCUT2D eigenvalue weighted by Crippen LogP contribution is 2.27. The first kappa shape index (κ1) is 16.0. The molecule has 128 valence electrons. The van der Waals surface area contributed by atoms with Crippen molar-refractivity contribution in [1.29, 1.82) is 0 Å². The number of pyridine rings is 1. The normalized spacial score (nSPS) is 10.8. The zero-order chi connectivity index (χ0) is 18.1. The third-order valence-electron chi connectivity index (χ3n) is 4.08. The molecule has 26 heavy (non-hydrogen) atoms. The molecule has 0 aliphatic carbocycles. The van der Waals surface area contributed by atoms with E-state index >= 15 is 0 Å². The van der Waals surface area contributed by atoms with Crippen LogP contribution in [0.3, 0.4) is 0 Å². The number of hydrogen-bond donors (Lipinski definition) is 1. The number of nitrogens with zero attached hydrogens (tertiary/aromatic N) is 1. The lowest BCUT2D eigenvalue weighted by molar-refractivity contribution is 0.102. The van der Waals surface area contributed by atoms with Crippen molar-refractivity contribution in [3.8, 4) is 11.5 Å². The Balaban J connectivity index is 1.82. The zero-order valence-corrected chi connectivity index (χ0v) is 14.0. The number of halogens is 1. The van der Waals surface area contributed by atoms with Crippen LogP contribution in [0, 0.1) is 12.7 Å². The van der Waals surface area contributed by atoms with Gasteiger partial charge in [-0.2, -0.15) is 0 Å². The summed E-state index contributed by atoms with van der Waals surface area (Å²) in [6.07, 6.45) is 0. The SMILES string of the molecule is Cc1ccc(-c2cc(C(=O)Nc3ccccc3F)c3ccccc3n2)o1. The number of anilines is 1. The second-order valence-corrected chi connectivity index (χ2v) is 5.92. The van der Waals surface area contributed by atoms with Crippen LogP contribution >= 0.6 is 0 Å². The summed E-state index contributed by atoms with van der Waals surface area (Å²) in [4.78, 5) is 17.4. The number of nitrogens with one attached hydrogen (secondary N) is 1. The van der Waals surface area contributed by atoms with Crippen LogP contribution in [-0.4, -0.2) is 10.9 Å². The van der Waals surface area contributed by atoms with Crippen LogP contribution in [0.25, 0.3) is 22.4 Å². The number of carbonyl (C=O) groups is 1. The van der Waals surface area contributed by atoms with Crippen LogP contribution in [0.15, 0.2) is 71.1 Å². The van der Waals surface area contributed by atoms with E-state index in [0.717, 1.165) is 5.76 Å². The molecule has 0 unspecified atom stereocenters. The summed E-state index contributed by atoms with van der Waals surface area (Å²) in [5.74, 6) is 0.444. The van der Waals surface area contributed by atoms with Gasteiger partial charge in [-0.3, -0.25) is 4.79 Å². The maximum absolute atomic E-state index is 13.9. The van der Waals surface area contributed by atoms with Crippen molar-refractivity contribution in [2.24, 2.45) is 0 Å². The maximum atomic E-state index is 13.9. The molecule has 0 spiro atoms. The average Bonchev–Trinajstić information content (AvgIpc) is 3.09. The third-order valence-corrected chi connectivity index (χ3v) is 4.08. The van der Waals surface area contributed by atoms with E-state index in [2.05, 4.69) is 10.3 Å². The highest BCUT2D eigenvalue weighted by atomic mass is 19.1. The molecule has 1 amide bonds. The van der Waals surface area contributed by atoms with Gasteiger partial charge in [0.2, 0.25) is 0 Å². The lowest BCUT2D eigenvalue weighted by atomic mass is 10.1. The highest BCUT2D eigenvalue weighted by Gasteiger charge is 2.16. The standard InChI is InChI=1S/C21H15FN2O2/c1-13-10-11-20(26-13)19-12-15(14-6-2-4-8-17(14)23-19)21(25)24-18-9-5-3-7-16(18)22/h2-12H,1H3,(H,24,25). The van der Waals surface area contributed by atoms with Crippen molar-refractivity contribution in [3.63, 3.8) is 0 Å². The minimum Gasteiger partial charge on any atom is -0.460 e. The molecular formula is C21H15FN2O2. The predicted molar refractivity (Wildman–Crippen MR) is 98.5 cm³/mol. The molecule has 2 aromatic carbocycles. The number of amides is 1. The number of benzene rings is 2. The monoisotopic (exact) mass is 346 g/mol. The second kappa shape index (κ2) is 6.44. The topological polar surface area (TPSA) is 55.1 Å². The van der Waals surface area contributed by atoms with E-state index in [9.17, 15) is 9.18 Å². The van der Waals surface area contributed by atoms with Gasteiger partial charge in [-0.05, 0) is 43.3 Å². The number of hydrogen-bond acceptors (Lipinski definition) is 3. The van der Waals surface area contributed by atoms with Crippen molar-refractivity contribution in [1.82, 2.24) is 4.98 Å². The van der Waals surface area contributed by atoms with Gasteiger partial charge in [0.15, 0.2) is 5.76 Å². The molecule has 0 fully saturated rings. The number of rotatable bonds is 3. The average molecular weight is 346 g/mol. The highest BCUT2D eigenvalue weighted by molar-refractivity contribution is 6.13. The molecule has 1 N–H and O–H groups in total. The van der Waals surface area contributed by atoms with E-state index in [4.69, 9.17) is 4.42 Å². The lowest BCUT2D eigenvalue weighted by Crippen LogP contribution is -2.14. The predicted octanol–water partition coefficient (Wildman–Crippen LogP) is 5.19. The van der Waals surface area contributed by atoms with Crippen LogP contribution in [-0.2, 0) is 0 Å². The fraction of sp³-hybridized carbons (Fsp3) is 0.0476. The third kappa shape index (κ3) is 2.95. The first-order valence-electron chi connectivity index (χ1n) is 8.14. The number of aromatic nitrogens is 1. The maximum Gasteiger partial charge on any atom is 0.256 e. The summed E-state index contributed by atoms with van der Waals surface area (Å²) in [7, 11) is 0. The lowest BCUT2D eigenvalue weighted by Gasteiger charge is -2.10. The smallest absolute Gasteiger partial charge is 0.256 e. The molecule has 4 rings (SSSR count). The van der Waals surface area contributed by atoms with Crippen LogP contribution < -0.4 is 5.32 Å². The van der Waals surface area contributed by atoms with E-state index in [1.807, 2.05) is 43.3 Å². The molecular weight excluding hydrogens is 331 g/mol. The quantitative estimate of drug-likeness (QED) is 0.555. The van der Waals surface area contributed by atoms with Gasteiger partial charge >= 0.3 is 0 Å². The number of para-hydroxylation sites is 2. The molecule has 0 saturated heterocycles. The van der Waals surface area contributed by atoms with Crippen LogP contribution in [0.1, 0.15) is 16.1 Å². The van der Waals surface area contributed by atoms with Gasteiger partial charge in [0, 0.05) is 5.39 Å². The summed E-state index contributed by atoms with van der Waals surface area (Å²) in [6.45, 7) is 1.84. The molecule has 4 aromatic rings. The molecule has 4 nitrogen and oxygen atoms in total. The number of furan rings is 1. The summed E-state index contributed by atoms with van der Waals surface area (Å²) < 4.78 is 19.5. The van der Waals surface area contributed by atoms with Gasteiger partial charge in [0.1, 0.15) is 17.3 Å². The Bertz CT molecular complexity index is 1120. The molecule has 2 aromatic heterocycles. The number of carbonyl (C=O) groups excluding carboxylic acids is 1. The van der Waals surface area contributed by atoms with Gasteiger partial charge in [0.05, 0.1) is 16.8 Å². The first-order valence-corrected chi connectivity index (χ1v) is 8.14. The van der Waals surface area contributed by atoms with Crippen LogP contribution in [0.5, 0.6) is 0 Å². The Kier molecular flexibility index (Phi) is 3.97. The molecule has 0 radical (unpaired) electrons. The second-order valence-electron chi connectivity index (χ2n) is 5.92. The fourth-order valence-corrected chi connectivity index (χ4v) is 2.81. The molecule has 0 aliphatic rings. The minimum absolute atomic E-state index is 0.133. The van der Waals surface area contributed by atoms with E-state index in [0.29, 0.717) is 27.9 Å². The Morgan fingerprint density at radius 3 is 2.58 bits per heavy atom. The Labute approximate surface area is 149 Å². The number of fused-ring (bicyclic) bond motifs is 1. The van der Waals surface area contributed by atoms with Crippen molar-refractivity contribution in [2.75, 3.05) is 5.32 Å². The summed E-state index contributed by atoms with van der Waals surface area (Å²) >= 11 is 0. The van der Waals surface area contributed by atoms with E-state index in [1.165, 1.54) is 12.1 Å². The summed E-state index contributed by atoms with van der Waals surface area (Å²) in [5.41, 5.74) is 1.75. The molecule has 5 heteroatoms. The zero-order valence-electron chi connectivity index (χ0n) is 14.0. The van der Waals surface area contributed by atoms with Crippen LogP contribution in [0.4, 0.5) is 10.1 Å². The van der Waals surface area contributed by atoms with Gasteiger partial charge in [-0.25, -0.2) is 9.37 Å². The van der Waals surface area contributed by atoms with E-state index in [1.54, 1.807) is 18.2 Å². The molecule has 0 bridgehead atoms. The largest absolute Gasteiger partial charge is 0.460 e. The molecule has 0 aliphatic heterocycles. The first-order chi connectivity index (χ1) is 12.6. The minimum atomic E-state index is -0.485.